The fourth-order valence-corrected chi connectivity index (χ4v) is 2.22. The van der Waals surface area contributed by atoms with Crippen LogP contribution in [-0.4, -0.2) is 18.6 Å². The molecule has 0 fully saturated rings. The van der Waals surface area contributed by atoms with E-state index in [1.165, 1.54) is 18.2 Å². The van der Waals surface area contributed by atoms with Gasteiger partial charge in [-0.2, -0.15) is 0 Å². The summed E-state index contributed by atoms with van der Waals surface area (Å²) in [5, 5.41) is -0.125. The van der Waals surface area contributed by atoms with Crippen LogP contribution in [0, 0.1) is 0 Å². The van der Waals surface area contributed by atoms with Crippen molar-refractivity contribution in [1.82, 2.24) is 0 Å². The van der Waals surface area contributed by atoms with Gasteiger partial charge in [0, 0.05) is 12.3 Å². The van der Waals surface area contributed by atoms with E-state index in [4.69, 9.17) is 16.3 Å². The molecule has 26 heavy (non-hydrogen) atoms. The van der Waals surface area contributed by atoms with Gasteiger partial charge in [0.2, 0.25) is 0 Å². The van der Waals surface area contributed by atoms with Gasteiger partial charge in [-0.05, 0) is 60.9 Å². The van der Waals surface area contributed by atoms with Gasteiger partial charge in [0.05, 0.1) is 5.02 Å². The Morgan fingerprint density at radius 2 is 1.85 bits per heavy atom. The lowest BCUT2D eigenvalue weighted by molar-refractivity contribution is -0.274. The highest BCUT2D eigenvalue weighted by molar-refractivity contribution is 6.32. The highest BCUT2D eigenvalue weighted by Gasteiger charge is 2.32. The molecule has 1 atom stereocenters. The summed E-state index contributed by atoms with van der Waals surface area (Å²) in [5.74, 6) is 0.199. The minimum absolute atomic E-state index is 0.125. The Morgan fingerprint density at radius 1 is 1.15 bits per heavy atom. The topological polar surface area (TPSA) is 30.8 Å². The van der Waals surface area contributed by atoms with Crippen LogP contribution in [0.15, 0.2) is 47.5 Å². The van der Waals surface area contributed by atoms with E-state index in [0.29, 0.717) is 11.3 Å². The van der Waals surface area contributed by atoms with E-state index in [0.717, 1.165) is 12.0 Å². The summed E-state index contributed by atoms with van der Waals surface area (Å²) in [6.07, 6.45) is -1.98. The molecule has 0 bridgehead atoms. The number of rotatable bonds is 7. The van der Waals surface area contributed by atoms with Gasteiger partial charge in [0.25, 0.3) is 0 Å². The van der Waals surface area contributed by atoms with Crippen molar-refractivity contribution < 1.29 is 22.6 Å². The molecule has 7 heteroatoms. The summed E-state index contributed by atoms with van der Waals surface area (Å²) in [6.45, 7) is 4.30. The monoisotopic (exact) mass is 385 g/mol. The standard InChI is InChI=1S/C19H19ClF3NO2/c1-3-13(2)24-11-14-4-7-16(8-5-14)25-12-15-6-9-18(17(20)10-15)26-19(21,22)23/h4-11,13H,3,12H2,1-2H3/b24-11+. The maximum absolute atomic E-state index is 12.2. The molecule has 2 aromatic carbocycles. The summed E-state index contributed by atoms with van der Waals surface area (Å²) in [5.41, 5.74) is 1.60. The van der Waals surface area contributed by atoms with Crippen molar-refractivity contribution in [1.29, 1.82) is 0 Å². The molecule has 0 aromatic heterocycles. The molecule has 0 spiro atoms. The van der Waals surface area contributed by atoms with Crippen LogP contribution in [0.3, 0.4) is 0 Å². The van der Waals surface area contributed by atoms with Crippen LogP contribution in [0.25, 0.3) is 0 Å². The van der Waals surface area contributed by atoms with Crippen molar-refractivity contribution in [2.24, 2.45) is 4.99 Å². The molecule has 0 N–H and O–H groups in total. The van der Waals surface area contributed by atoms with Crippen molar-refractivity contribution in [3.8, 4) is 11.5 Å². The summed E-state index contributed by atoms with van der Waals surface area (Å²) in [6, 6.07) is 11.7. The fraction of sp³-hybridized carbons (Fsp3) is 0.316. The highest BCUT2D eigenvalue weighted by atomic mass is 35.5. The number of nitrogens with zero attached hydrogens (tertiary/aromatic N) is 1. The van der Waals surface area contributed by atoms with Crippen LogP contribution < -0.4 is 9.47 Å². The number of alkyl halides is 3. The van der Waals surface area contributed by atoms with Gasteiger partial charge in [-0.25, -0.2) is 0 Å². The Balaban J connectivity index is 1.94. The van der Waals surface area contributed by atoms with Gasteiger partial charge in [0.1, 0.15) is 18.1 Å². The Morgan fingerprint density at radius 3 is 2.42 bits per heavy atom. The van der Waals surface area contributed by atoms with Gasteiger partial charge in [-0.3, -0.25) is 4.99 Å². The first-order valence-corrected chi connectivity index (χ1v) is 8.45. The highest BCUT2D eigenvalue weighted by Crippen LogP contribution is 2.31. The number of hydrogen-bond acceptors (Lipinski definition) is 3. The lowest BCUT2D eigenvalue weighted by Gasteiger charge is -2.12. The number of halogens is 4. The van der Waals surface area contributed by atoms with Gasteiger partial charge in [-0.1, -0.05) is 24.6 Å². The van der Waals surface area contributed by atoms with Gasteiger partial charge >= 0.3 is 6.36 Å². The van der Waals surface area contributed by atoms with Crippen LogP contribution >= 0.6 is 11.6 Å². The molecule has 140 valence electrons. The minimum atomic E-state index is -4.78. The van der Waals surface area contributed by atoms with E-state index in [9.17, 15) is 13.2 Å². The second-order valence-corrected chi connectivity index (χ2v) is 6.11. The largest absolute Gasteiger partial charge is 0.573 e. The Hall–Kier alpha value is -2.21. The summed E-state index contributed by atoms with van der Waals surface area (Å²) in [7, 11) is 0. The number of ether oxygens (including phenoxy) is 2. The van der Waals surface area contributed by atoms with Crippen molar-refractivity contribution >= 4 is 17.8 Å². The van der Waals surface area contributed by atoms with E-state index >= 15 is 0 Å². The fourth-order valence-electron chi connectivity index (χ4n) is 1.98. The lowest BCUT2D eigenvalue weighted by Crippen LogP contribution is -2.17. The van der Waals surface area contributed by atoms with Crippen molar-refractivity contribution in [3.63, 3.8) is 0 Å². The Kier molecular flexibility index (Phi) is 6.91. The molecule has 2 rings (SSSR count). The molecule has 0 aliphatic heterocycles. The van der Waals surface area contributed by atoms with E-state index in [1.54, 1.807) is 12.1 Å². The summed E-state index contributed by atoms with van der Waals surface area (Å²) >= 11 is 5.82. The molecule has 3 nitrogen and oxygen atoms in total. The molecular formula is C19H19ClF3NO2. The maximum Gasteiger partial charge on any atom is 0.573 e. The maximum atomic E-state index is 12.2. The lowest BCUT2D eigenvalue weighted by atomic mass is 10.2. The van der Waals surface area contributed by atoms with Crippen molar-refractivity contribution in [2.45, 2.75) is 39.3 Å². The normalized spacial score (nSPS) is 13.0. The van der Waals surface area contributed by atoms with Crippen LogP contribution in [0.2, 0.25) is 5.02 Å². The average molecular weight is 386 g/mol. The summed E-state index contributed by atoms with van der Waals surface area (Å²) < 4.78 is 46.1. The zero-order valence-corrected chi connectivity index (χ0v) is 15.1. The second-order valence-electron chi connectivity index (χ2n) is 5.71. The molecular weight excluding hydrogens is 367 g/mol. The third kappa shape index (κ3) is 6.59. The molecule has 0 heterocycles. The van der Waals surface area contributed by atoms with Crippen molar-refractivity contribution in [2.75, 3.05) is 0 Å². The van der Waals surface area contributed by atoms with Gasteiger partial charge < -0.3 is 9.47 Å². The molecule has 2 aromatic rings. The molecule has 0 aliphatic rings. The number of aliphatic imine (C=N–C) groups is 1. The molecule has 0 amide bonds. The van der Waals surface area contributed by atoms with Gasteiger partial charge in [-0.15, -0.1) is 13.2 Å². The predicted octanol–water partition coefficient (Wildman–Crippen LogP) is 6.04. The first-order chi connectivity index (χ1) is 12.3. The molecule has 0 aliphatic carbocycles. The number of benzene rings is 2. The van der Waals surface area contributed by atoms with Crippen molar-refractivity contribution in [3.05, 3.63) is 58.6 Å². The first kappa shape index (κ1) is 20.1. The molecule has 0 radical (unpaired) electrons. The van der Waals surface area contributed by atoms with E-state index in [1.807, 2.05) is 25.3 Å². The zero-order chi connectivity index (χ0) is 19.2. The third-order valence-corrected chi connectivity index (χ3v) is 3.87. The Bertz CT molecular complexity index is 745. The van der Waals surface area contributed by atoms with E-state index in [2.05, 4.69) is 16.7 Å². The molecule has 1 unspecified atom stereocenters. The predicted molar refractivity (Wildman–Crippen MR) is 96.3 cm³/mol. The number of hydrogen-bond donors (Lipinski definition) is 0. The zero-order valence-electron chi connectivity index (χ0n) is 14.4. The van der Waals surface area contributed by atoms with Crippen LogP contribution in [-0.2, 0) is 6.61 Å². The average Bonchev–Trinajstić information content (AvgIpc) is 2.59. The van der Waals surface area contributed by atoms with E-state index < -0.39 is 12.1 Å². The van der Waals surface area contributed by atoms with Crippen LogP contribution in [0.1, 0.15) is 31.4 Å². The minimum Gasteiger partial charge on any atom is -0.489 e. The third-order valence-electron chi connectivity index (χ3n) is 3.58. The van der Waals surface area contributed by atoms with E-state index in [-0.39, 0.29) is 17.7 Å². The second kappa shape index (κ2) is 8.94. The van der Waals surface area contributed by atoms with Crippen LogP contribution in [0.5, 0.6) is 11.5 Å². The Labute approximate surface area is 155 Å². The van der Waals surface area contributed by atoms with Crippen LogP contribution in [0.4, 0.5) is 13.2 Å². The first-order valence-electron chi connectivity index (χ1n) is 8.07. The quantitative estimate of drug-likeness (QED) is 0.544. The SMILES string of the molecule is CCC(C)/N=C/c1ccc(OCc2ccc(OC(F)(F)F)c(Cl)c2)cc1. The van der Waals surface area contributed by atoms with Gasteiger partial charge in [0.15, 0.2) is 0 Å². The molecule has 0 saturated heterocycles. The smallest absolute Gasteiger partial charge is 0.489 e. The molecule has 0 saturated carbocycles. The summed E-state index contributed by atoms with van der Waals surface area (Å²) in [4.78, 5) is 4.41.